The number of fused-ring (bicyclic) bond motifs is 3. The summed E-state index contributed by atoms with van der Waals surface area (Å²) in [5.41, 5.74) is 1.49. The average Bonchev–Trinajstić information content (AvgIpc) is 2.97. The molecule has 2 aliphatic carbocycles. The molecule has 3 atom stereocenters. The fraction of sp³-hybridized carbons (Fsp3) is 0.441. The number of carbonyl (C=O) groups excluding carboxylic acids is 2. The van der Waals surface area contributed by atoms with E-state index < -0.39 is 29.3 Å². The number of carbonyl (C=O) groups is 2. The molecule has 1 fully saturated rings. The third-order valence-corrected chi connectivity index (χ3v) is 8.95. The molecular formula is C34H37F3N2O4. The Morgan fingerprint density at radius 3 is 2.53 bits per heavy atom. The lowest BCUT2D eigenvalue weighted by Crippen LogP contribution is -2.58. The van der Waals surface area contributed by atoms with Crippen molar-refractivity contribution in [2.24, 2.45) is 11.8 Å². The number of ether oxygens (including phenoxy) is 2. The molecular weight excluding hydrogens is 557 g/mol. The van der Waals surface area contributed by atoms with E-state index in [-0.39, 0.29) is 37.7 Å². The number of aryl methyl sites for hydroxylation is 2. The predicted octanol–water partition coefficient (Wildman–Crippen LogP) is 7.98. The summed E-state index contributed by atoms with van der Waals surface area (Å²) in [6.07, 6.45) is -3.42. The number of halogens is 3. The van der Waals surface area contributed by atoms with E-state index in [1.54, 1.807) is 38.2 Å². The molecule has 1 N–H and O–H groups in total. The fourth-order valence-corrected chi connectivity index (χ4v) is 6.75. The van der Waals surface area contributed by atoms with Crippen molar-refractivity contribution >= 4 is 17.7 Å². The van der Waals surface area contributed by atoms with E-state index in [9.17, 15) is 22.8 Å². The molecule has 5 rings (SSSR count). The first-order chi connectivity index (χ1) is 20.4. The maximum absolute atomic E-state index is 14.7. The summed E-state index contributed by atoms with van der Waals surface area (Å²) >= 11 is 0. The topological polar surface area (TPSA) is 77.5 Å². The minimum atomic E-state index is -4.75. The predicted molar refractivity (Wildman–Crippen MR) is 157 cm³/mol. The molecule has 2 aromatic carbocycles. The van der Waals surface area contributed by atoms with Crippen molar-refractivity contribution < 1.29 is 32.2 Å². The molecule has 1 amide bonds. The van der Waals surface area contributed by atoms with Gasteiger partial charge in [0.15, 0.2) is 0 Å². The molecule has 0 unspecified atom stereocenters. The quantitative estimate of drug-likeness (QED) is 0.281. The van der Waals surface area contributed by atoms with E-state index in [0.717, 1.165) is 16.7 Å². The van der Waals surface area contributed by atoms with Gasteiger partial charge in [0.1, 0.15) is 0 Å². The maximum Gasteiger partial charge on any atom is 0.509 e. The van der Waals surface area contributed by atoms with Crippen LogP contribution in [0, 0.1) is 18.8 Å². The van der Waals surface area contributed by atoms with E-state index in [2.05, 4.69) is 10.3 Å². The van der Waals surface area contributed by atoms with Crippen LogP contribution >= 0.6 is 0 Å². The number of alkyl halides is 3. The van der Waals surface area contributed by atoms with E-state index in [4.69, 9.17) is 9.47 Å². The highest BCUT2D eigenvalue weighted by molar-refractivity contribution is 6.04. The van der Waals surface area contributed by atoms with Crippen LogP contribution in [-0.4, -0.2) is 35.4 Å². The Labute approximate surface area is 250 Å². The number of hydrogen-bond acceptors (Lipinski definition) is 5. The molecule has 1 aromatic heterocycles. The Balaban J connectivity index is 1.48. The Morgan fingerprint density at radius 1 is 1.07 bits per heavy atom. The zero-order valence-electron chi connectivity index (χ0n) is 24.7. The molecule has 43 heavy (non-hydrogen) atoms. The van der Waals surface area contributed by atoms with Crippen LogP contribution in [0.25, 0.3) is 0 Å². The zero-order chi connectivity index (χ0) is 30.8. The maximum atomic E-state index is 14.7. The number of rotatable bonds is 7. The van der Waals surface area contributed by atoms with Gasteiger partial charge in [-0.15, -0.1) is 0 Å². The summed E-state index contributed by atoms with van der Waals surface area (Å²) in [6.45, 7) is 5.41. The number of nitrogens with zero attached hydrogens (tertiary/aromatic N) is 1. The van der Waals surface area contributed by atoms with Gasteiger partial charge >= 0.3 is 12.3 Å². The summed E-state index contributed by atoms with van der Waals surface area (Å²) in [6, 6.07) is 18.8. The van der Waals surface area contributed by atoms with E-state index in [1.807, 2.05) is 49.4 Å². The summed E-state index contributed by atoms with van der Waals surface area (Å²) < 4.78 is 54.4. The van der Waals surface area contributed by atoms with Gasteiger partial charge in [0, 0.05) is 23.6 Å². The van der Waals surface area contributed by atoms with Crippen molar-refractivity contribution in [1.82, 2.24) is 4.98 Å². The van der Waals surface area contributed by atoms with E-state index in [0.29, 0.717) is 36.2 Å². The summed E-state index contributed by atoms with van der Waals surface area (Å²) in [7, 11) is 0. The molecule has 2 aliphatic rings. The van der Waals surface area contributed by atoms with Gasteiger partial charge in [-0.05, 0) is 91.8 Å². The van der Waals surface area contributed by atoms with Crippen LogP contribution < -0.4 is 5.32 Å². The highest BCUT2D eigenvalue weighted by atomic mass is 19.4. The highest BCUT2D eigenvalue weighted by Crippen LogP contribution is 2.58. The molecule has 6 nitrogen and oxygen atoms in total. The van der Waals surface area contributed by atoms with Gasteiger partial charge in [0.2, 0.25) is 5.60 Å². The largest absolute Gasteiger partial charge is 0.509 e. The van der Waals surface area contributed by atoms with Gasteiger partial charge in [0.05, 0.1) is 18.0 Å². The third-order valence-electron chi connectivity index (χ3n) is 8.95. The van der Waals surface area contributed by atoms with Gasteiger partial charge in [-0.3, -0.25) is 9.78 Å². The van der Waals surface area contributed by atoms with Crippen LogP contribution in [0.1, 0.15) is 72.3 Å². The van der Waals surface area contributed by atoms with E-state index >= 15 is 0 Å². The second-order valence-electron chi connectivity index (χ2n) is 12.3. The SMILES string of the molecule is Cc1ncccc1NC(=O)c1ccc2c(c1)CC[C@@H]1C[C@@](OC(=O)OCC(C)C)(C(F)(F)F)CC[C@@]21Cc1ccccc1. The summed E-state index contributed by atoms with van der Waals surface area (Å²) in [4.78, 5) is 29.9. The first-order valence-electron chi connectivity index (χ1n) is 14.8. The molecule has 0 aliphatic heterocycles. The minimum Gasteiger partial charge on any atom is -0.434 e. The van der Waals surface area contributed by atoms with Crippen LogP contribution in [-0.2, 0) is 27.7 Å². The molecule has 0 spiro atoms. The van der Waals surface area contributed by atoms with Crippen molar-refractivity contribution in [2.45, 2.75) is 76.5 Å². The smallest absolute Gasteiger partial charge is 0.434 e. The summed E-state index contributed by atoms with van der Waals surface area (Å²) in [5.74, 6) is -0.716. The highest BCUT2D eigenvalue weighted by Gasteiger charge is 2.65. The molecule has 1 saturated carbocycles. The summed E-state index contributed by atoms with van der Waals surface area (Å²) in [5, 5.41) is 2.91. The van der Waals surface area contributed by atoms with Gasteiger partial charge < -0.3 is 14.8 Å². The van der Waals surface area contributed by atoms with Crippen LogP contribution in [0.2, 0.25) is 0 Å². The monoisotopic (exact) mass is 594 g/mol. The average molecular weight is 595 g/mol. The number of hydrogen-bond donors (Lipinski definition) is 1. The first kappa shape index (κ1) is 30.6. The lowest BCUT2D eigenvalue weighted by atomic mass is 9.52. The second kappa shape index (κ2) is 12.0. The van der Waals surface area contributed by atoms with Gasteiger partial charge in [-0.25, -0.2) is 4.79 Å². The number of aromatic nitrogens is 1. The van der Waals surface area contributed by atoms with Crippen molar-refractivity contribution in [3.63, 3.8) is 0 Å². The van der Waals surface area contributed by atoms with Crippen LogP contribution in [0.4, 0.5) is 23.7 Å². The normalized spacial score (nSPS) is 23.2. The number of pyridine rings is 1. The zero-order valence-corrected chi connectivity index (χ0v) is 24.7. The second-order valence-corrected chi connectivity index (χ2v) is 12.3. The van der Waals surface area contributed by atoms with Gasteiger partial charge in [0.25, 0.3) is 5.91 Å². The Hall–Kier alpha value is -3.88. The van der Waals surface area contributed by atoms with Crippen molar-refractivity contribution in [1.29, 1.82) is 0 Å². The lowest BCUT2D eigenvalue weighted by Gasteiger charge is -2.54. The molecule has 0 bridgehead atoms. The Morgan fingerprint density at radius 2 is 1.84 bits per heavy atom. The Kier molecular flexibility index (Phi) is 8.54. The molecule has 9 heteroatoms. The first-order valence-corrected chi connectivity index (χ1v) is 14.8. The third kappa shape index (κ3) is 6.26. The standard InChI is InChI=1S/C34H37F3N2O4/c1-22(2)21-42-31(41)43-33(34(35,36)37)16-15-32(19-24-8-5-4-6-9-24)27(20-33)13-11-25-18-26(12-14-28(25)32)30(40)39-29-10-7-17-38-23(29)3/h4-10,12,14,17-18,22,27H,11,13,15-16,19-21H2,1-3H3,(H,39,40)/t27-,32+,33-/m1/s1. The van der Waals surface area contributed by atoms with Crippen LogP contribution in [0.15, 0.2) is 66.9 Å². The molecule has 228 valence electrons. The number of nitrogens with one attached hydrogen (secondary N) is 1. The number of benzene rings is 2. The Bertz CT molecular complexity index is 1480. The molecule has 1 heterocycles. The molecule has 3 aromatic rings. The van der Waals surface area contributed by atoms with Crippen molar-refractivity contribution in [2.75, 3.05) is 11.9 Å². The molecule has 0 radical (unpaired) electrons. The fourth-order valence-electron chi connectivity index (χ4n) is 6.75. The van der Waals surface area contributed by atoms with Crippen LogP contribution in [0.5, 0.6) is 0 Å². The minimum absolute atomic E-state index is 0.0161. The van der Waals surface area contributed by atoms with Crippen molar-refractivity contribution in [3.05, 3.63) is 94.8 Å². The lowest BCUT2D eigenvalue weighted by molar-refractivity contribution is -0.282. The van der Waals surface area contributed by atoms with E-state index in [1.165, 1.54) is 0 Å². The van der Waals surface area contributed by atoms with Crippen LogP contribution in [0.3, 0.4) is 0 Å². The van der Waals surface area contributed by atoms with Gasteiger partial charge in [-0.1, -0.05) is 50.2 Å². The number of anilines is 1. The van der Waals surface area contributed by atoms with Gasteiger partial charge in [-0.2, -0.15) is 13.2 Å². The van der Waals surface area contributed by atoms with Crippen molar-refractivity contribution in [3.8, 4) is 0 Å². The number of amides is 1. The molecule has 0 saturated heterocycles.